The molecular weight excluding hydrogens is 278 g/mol. The molecule has 0 radical (unpaired) electrons. The lowest BCUT2D eigenvalue weighted by atomic mass is 10.0. The van der Waals surface area contributed by atoms with E-state index in [1.54, 1.807) is 12.1 Å². The van der Waals surface area contributed by atoms with E-state index in [1.807, 2.05) is 6.92 Å². The summed E-state index contributed by atoms with van der Waals surface area (Å²) >= 11 is 0. The molecule has 4 nitrogen and oxygen atoms in total. The van der Waals surface area contributed by atoms with Gasteiger partial charge in [-0.05, 0) is 30.2 Å². The molecule has 2 aromatic rings. The molecule has 0 aliphatic rings. The molecule has 0 bridgehead atoms. The third-order valence-corrected chi connectivity index (χ3v) is 3.15. The smallest absolute Gasteiger partial charge is 0.272 e. The van der Waals surface area contributed by atoms with Crippen LogP contribution in [0.2, 0.25) is 0 Å². The summed E-state index contributed by atoms with van der Waals surface area (Å²) in [5, 5.41) is 13.5. The Balaban J connectivity index is 2.25. The van der Waals surface area contributed by atoms with Gasteiger partial charge in [-0.3, -0.25) is 10.1 Å². The van der Waals surface area contributed by atoms with Crippen molar-refractivity contribution in [1.29, 1.82) is 0 Å². The third-order valence-electron chi connectivity index (χ3n) is 3.15. The molecule has 1 N–H and O–H groups in total. The summed E-state index contributed by atoms with van der Waals surface area (Å²) in [6.07, 6.45) is 0.611. The fourth-order valence-corrected chi connectivity index (χ4v) is 2.07. The first-order valence-electron chi connectivity index (χ1n) is 6.47. The van der Waals surface area contributed by atoms with Crippen molar-refractivity contribution in [2.75, 3.05) is 5.32 Å². The molecule has 0 aliphatic heterocycles. The highest BCUT2D eigenvalue weighted by Gasteiger charge is 2.15. The van der Waals surface area contributed by atoms with Crippen LogP contribution in [0.25, 0.3) is 0 Å². The maximum Gasteiger partial charge on any atom is 0.272 e. The second-order valence-corrected chi connectivity index (χ2v) is 4.58. The Kier molecular flexibility index (Phi) is 4.47. The van der Waals surface area contributed by atoms with E-state index in [0.29, 0.717) is 12.0 Å². The molecule has 1 atom stereocenters. The van der Waals surface area contributed by atoms with E-state index < -0.39 is 10.7 Å². The SMILES string of the molecule is CCC(Nc1ccc([N+](=O)[O-])cc1F)c1cccc(F)c1. The van der Waals surface area contributed by atoms with E-state index in [0.717, 1.165) is 6.07 Å². The van der Waals surface area contributed by atoms with Gasteiger partial charge in [-0.2, -0.15) is 0 Å². The van der Waals surface area contributed by atoms with Crippen LogP contribution in [0.15, 0.2) is 42.5 Å². The Morgan fingerprint density at radius 2 is 2.00 bits per heavy atom. The van der Waals surface area contributed by atoms with Crippen LogP contribution >= 0.6 is 0 Å². The number of hydrogen-bond acceptors (Lipinski definition) is 3. The minimum atomic E-state index is -0.709. The van der Waals surface area contributed by atoms with Crippen molar-refractivity contribution >= 4 is 11.4 Å². The summed E-state index contributed by atoms with van der Waals surface area (Å²) in [6, 6.07) is 9.17. The predicted octanol–water partition coefficient (Wildman–Crippen LogP) is 4.44. The Hall–Kier alpha value is -2.50. The number of benzene rings is 2. The van der Waals surface area contributed by atoms with E-state index in [1.165, 1.54) is 24.3 Å². The second-order valence-electron chi connectivity index (χ2n) is 4.58. The normalized spacial score (nSPS) is 12.0. The summed E-state index contributed by atoms with van der Waals surface area (Å²) in [7, 11) is 0. The lowest BCUT2D eigenvalue weighted by Gasteiger charge is -2.19. The maximum atomic E-state index is 13.9. The molecule has 0 spiro atoms. The van der Waals surface area contributed by atoms with Crippen molar-refractivity contribution in [2.45, 2.75) is 19.4 Å². The summed E-state index contributed by atoms with van der Waals surface area (Å²) < 4.78 is 27.1. The Labute approximate surface area is 120 Å². The Bertz CT molecular complexity index is 662. The van der Waals surface area contributed by atoms with Crippen molar-refractivity contribution < 1.29 is 13.7 Å². The van der Waals surface area contributed by atoms with Crippen molar-refractivity contribution in [1.82, 2.24) is 0 Å². The molecule has 0 aliphatic carbocycles. The number of halogens is 2. The standard InChI is InChI=1S/C15H14F2N2O2/c1-2-14(10-4-3-5-11(16)8-10)18-15-7-6-12(19(20)21)9-13(15)17/h3-9,14,18H,2H2,1H3. The molecule has 0 saturated heterocycles. The lowest BCUT2D eigenvalue weighted by Crippen LogP contribution is -2.11. The second kappa shape index (κ2) is 6.30. The topological polar surface area (TPSA) is 55.2 Å². The Morgan fingerprint density at radius 1 is 1.24 bits per heavy atom. The van der Waals surface area contributed by atoms with Crippen molar-refractivity contribution in [2.24, 2.45) is 0 Å². The molecule has 0 heterocycles. The van der Waals surface area contributed by atoms with Crippen LogP contribution in [0, 0.1) is 21.7 Å². The lowest BCUT2D eigenvalue weighted by molar-refractivity contribution is -0.385. The molecule has 110 valence electrons. The zero-order valence-corrected chi connectivity index (χ0v) is 11.3. The van der Waals surface area contributed by atoms with Gasteiger partial charge in [0.25, 0.3) is 5.69 Å². The number of hydrogen-bond donors (Lipinski definition) is 1. The molecular formula is C15H14F2N2O2. The van der Waals surface area contributed by atoms with E-state index in [9.17, 15) is 18.9 Å². The highest BCUT2D eigenvalue weighted by molar-refractivity contribution is 5.51. The molecule has 6 heteroatoms. The van der Waals surface area contributed by atoms with Crippen molar-refractivity contribution in [3.8, 4) is 0 Å². The molecule has 0 aromatic heterocycles. The minimum absolute atomic E-state index is 0.150. The summed E-state index contributed by atoms with van der Waals surface area (Å²) in [5.41, 5.74) is 0.531. The van der Waals surface area contributed by atoms with Gasteiger partial charge in [0.2, 0.25) is 0 Å². The molecule has 0 saturated carbocycles. The number of nitro groups is 1. The van der Waals surface area contributed by atoms with Crippen LogP contribution in [0.1, 0.15) is 24.9 Å². The third kappa shape index (κ3) is 3.53. The van der Waals surface area contributed by atoms with Crippen LogP contribution in [-0.2, 0) is 0 Å². The number of nitrogens with one attached hydrogen (secondary N) is 1. The molecule has 0 fully saturated rings. The first-order chi connectivity index (χ1) is 10.0. The average Bonchev–Trinajstić information content (AvgIpc) is 2.45. The number of nitro benzene ring substituents is 1. The average molecular weight is 292 g/mol. The highest BCUT2D eigenvalue weighted by Crippen LogP contribution is 2.27. The quantitative estimate of drug-likeness (QED) is 0.655. The van der Waals surface area contributed by atoms with E-state index in [4.69, 9.17) is 0 Å². The molecule has 21 heavy (non-hydrogen) atoms. The van der Waals surface area contributed by atoms with Crippen LogP contribution < -0.4 is 5.32 Å². The fourth-order valence-electron chi connectivity index (χ4n) is 2.07. The van der Waals surface area contributed by atoms with Crippen molar-refractivity contribution in [3.05, 3.63) is 69.8 Å². The number of nitrogens with zero attached hydrogens (tertiary/aromatic N) is 1. The monoisotopic (exact) mass is 292 g/mol. The van der Waals surface area contributed by atoms with Gasteiger partial charge in [0, 0.05) is 6.07 Å². The van der Waals surface area contributed by atoms with Gasteiger partial charge < -0.3 is 5.32 Å². The van der Waals surface area contributed by atoms with Gasteiger partial charge >= 0.3 is 0 Å². The zero-order chi connectivity index (χ0) is 15.4. The van der Waals surface area contributed by atoms with Gasteiger partial charge in [-0.15, -0.1) is 0 Å². The highest BCUT2D eigenvalue weighted by atomic mass is 19.1. The van der Waals surface area contributed by atoms with E-state index in [-0.39, 0.29) is 23.2 Å². The fraction of sp³-hybridized carbons (Fsp3) is 0.200. The number of anilines is 1. The Morgan fingerprint density at radius 3 is 2.57 bits per heavy atom. The summed E-state index contributed by atoms with van der Waals surface area (Å²) in [6.45, 7) is 1.88. The van der Waals surface area contributed by atoms with Crippen LogP contribution in [0.5, 0.6) is 0 Å². The van der Waals surface area contributed by atoms with Gasteiger partial charge in [0.1, 0.15) is 5.82 Å². The molecule has 0 amide bonds. The van der Waals surface area contributed by atoms with Gasteiger partial charge in [-0.25, -0.2) is 8.78 Å². The van der Waals surface area contributed by atoms with Crippen LogP contribution in [-0.4, -0.2) is 4.92 Å². The first kappa shape index (κ1) is 14.9. The molecule has 1 unspecified atom stereocenters. The van der Waals surface area contributed by atoms with E-state index in [2.05, 4.69) is 5.32 Å². The number of non-ortho nitro benzene ring substituents is 1. The maximum absolute atomic E-state index is 13.9. The number of rotatable bonds is 5. The summed E-state index contributed by atoms with van der Waals surface area (Å²) in [4.78, 5) is 9.92. The zero-order valence-electron chi connectivity index (χ0n) is 11.3. The van der Waals surface area contributed by atoms with Gasteiger partial charge in [0.05, 0.1) is 22.7 Å². The van der Waals surface area contributed by atoms with Gasteiger partial charge in [-0.1, -0.05) is 19.1 Å². The molecule has 2 aromatic carbocycles. The van der Waals surface area contributed by atoms with Crippen LogP contribution in [0.3, 0.4) is 0 Å². The van der Waals surface area contributed by atoms with Crippen LogP contribution in [0.4, 0.5) is 20.2 Å². The van der Waals surface area contributed by atoms with E-state index >= 15 is 0 Å². The van der Waals surface area contributed by atoms with Crippen molar-refractivity contribution in [3.63, 3.8) is 0 Å². The largest absolute Gasteiger partial charge is 0.376 e. The van der Waals surface area contributed by atoms with Gasteiger partial charge in [0.15, 0.2) is 5.82 Å². The summed E-state index contributed by atoms with van der Waals surface area (Å²) in [5.74, 6) is -1.07. The minimum Gasteiger partial charge on any atom is -0.376 e. The molecule has 2 rings (SSSR count). The predicted molar refractivity (Wildman–Crippen MR) is 76.1 cm³/mol. The first-order valence-corrected chi connectivity index (χ1v) is 6.47.